The summed E-state index contributed by atoms with van der Waals surface area (Å²) in [6.07, 6.45) is 0.797. The Bertz CT molecular complexity index is 566. The first-order valence-electron chi connectivity index (χ1n) is 5.96. The molecule has 0 bridgehead atoms. The third-order valence-corrected chi connectivity index (χ3v) is 3.12. The van der Waals surface area contributed by atoms with E-state index >= 15 is 0 Å². The van der Waals surface area contributed by atoms with Crippen molar-refractivity contribution in [2.45, 2.75) is 32.4 Å². The molecule has 0 aromatic carbocycles. The van der Waals surface area contributed by atoms with Crippen LogP contribution in [-0.4, -0.2) is 40.1 Å². The Balaban J connectivity index is 1.97. The van der Waals surface area contributed by atoms with Gasteiger partial charge in [-0.2, -0.15) is 5.10 Å². The second-order valence-corrected chi connectivity index (χ2v) is 4.53. The Morgan fingerprint density at radius 1 is 1.58 bits per heavy atom. The number of carbonyl (C=O) groups excluding carboxylic acids is 2. The molecule has 2 rings (SSSR count). The number of rotatable bonds is 3. The highest BCUT2D eigenvalue weighted by Gasteiger charge is 2.34. The van der Waals surface area contributed by atoms with E-state index in [0.717, 1.165) is 0 Å². The fraction of sp³-hybridized carbons (Fsp3) is 0.500. The van der Waals surface area contributed by atoms with Crippen molar-refractivity contribution in [2.24, 2.45) is 0 Å². The monoisotopic (exact) mass is 265 g/mol. The van der Waals surface area contributed by atoms with E-state index in [0.29, 0.717) is 18.5 Å². The van der Waals surface area contributed by atoms with Crippen LogP contribution in [0.3, 0.4) is 0 Å². The molecule has 7 heteroatoms. The minimum atomic E-state index is -0.558. The maximum absolute atomic E-state index is 11.8. The topological polar surface area (TPSA) is 92.4 Å². The molecule has 0 aliphatic carbocycles. The summed E-state index contributed by atoms with van der Waals surface area (Å²) in [5.74, 6) is -0.580. The lowest BCUT2D eigenvalue weighted by atomic mass is 10.2. The van der Waals surface area contributed by atoms with E-state index in [4.69, 9.17) is 4.74 Å². The zero-order chi connectivity index (χ0) is 14.0. The Hall–Kier alpha value is -2.18. The number of amides is 1. The zero-order valence-corrected chi connectivity index (χ0v) is 10.8. The number of esters is 1. The summed E-state index contributed by atoms with van der Waals surface area (Å²) in [5, 5.41) is 6.46. The van der Waals surface area contributed by atoms with Crippen LogP contribution in [0.25, 0.3) is 0 Å². The van der Waals surface area contributed by atoms with Gasteiger partial charge in [0.2, 0.25) is 11.3 Å². The lowest BCUT2D eigenvalue weighted by molar-refractivity contribution is -0.152. The smallest absolute Gasteiger partial charge is 0.329 e. The Morgan fingerprint density at radius 2 is 2.32 bits per heavy atom. The van der Waals surface area contributed by atoms with E-state index in [1.54, 1.807) is 14.0 Å². The first-order valence-corrected chi connectivity index (χ1v) is 5.96. The standard InChI is InChI=1S/C12H15N3O4/c1-7-5-10(16)8(14-13-7)6-19-12(18)9-3-4-11(17)15(9)2/h5,9H,3-4,6H2,1-2H3,(H,13,16)/t9-/m0/s1. The minimum Gasteiger partial charge on any atom is -0.457 e. The van der Waals surface area contributed by atoms with E-state index in [1.807, 2.05) is 0 Å². The fourth-order valence-electron chi connectivity index (χ4n) is 1.94. The van der Waals surface area contributed by atoms with Gasteiger partial charge in [0.1, 0.15) is 18.3 Å². The molecule has 102 valence electrons. The number of carbonyl (C=O) groups is 2. The van der Waals surface area contributed by atoms with Crippen LogP contribution in [0.2, 0.25) is 0 Å². The van der Waals surface area contributed by atoms with Gasteiger partial charge in [0, 0.05) is 25.2 Å². The average Bonchev–Trinajstić information content (AvgIpc) is 2.69. The quantitative estimate of drug-likeness (QED) is 0.760. The van der Waals surface area contributed by atoms with Crippen LogP contribution in [0.4, 0.5) is 0 Å². The van der Waals surface area contributed by atoms with Crippen LogP contribution in [0, 0.1) is 6.92 Å². The van der Waals surface area contributed by atoms with Gasteiger partial charge in [-0.15, -0.1) is 0 Å². The maximum atomic E-state index is 11.8. The maximum Gasteiger partial charge on any atom is 0.329 e. The molecule has 0 radical (unpaired) electrons. The SMILES string of the molecule is Cc1cc(=O)c(COC(=O)[C@@H]2CCC(=O)N2C)n[nH]1. The molecule has 1 aliphatic rings. The van der Waals surface area contributed by atoms with E-state index < -0.39 is 12.0 Å². The van der Waals surface area contributed by atoms with Crippen LogP contribution >= 0.6 is 0 Å². The zero-order valence-electron chi connectivity index (χ0n) is 10.8. The van der Waals surface area contributed by atoms with E-state index in [9.17, 15) is 14.4 Å². The van der Waals surface area contributed by atoms with Crippen molar-refractivity contribution in [3.05, 3.63) is 27.7 Å². The molecule has 1 aromatic rings. The number of nitrogens with zero attached hydrogens (tertiary/aromatic N) is 2. The van der Waals surface area contributed by atoms with Gasteiger partial charge in [-0.25, -0.2) is 4.79 Å². The molecule has 1 amide bonds. The van der Waals surface area contributed by atoms with Crippen molar-refractivity contribution >= 4 is 11.9 Å². The molecule has 1 aromatic heterocycles. The number of aryl methyl sites for hydroxylation is 1. The molecule has 1 aliphatic heterocycles. The molecule has 19 heavy (non-hydrogen) atoms. The number of aromatic nitrogens is 2. The molecular formula is C12H15N3O4. The van der Waals surface area contributed by atoms with Crippen molar-refractivity contribution in [1.82, 2.24) is 15.1 Å². The number of hydrogen-bond donors (Lipinski definition) is 1. The Morgan fingerprint density at radius 3 is 2.89 bits per heavy atom. The van der Waals surface area contributed by atoms with Gasteiger partial charge in [0.15, 0.2) is 0 Å². The van der Waals surface area contributed by atoms with Crippen LogP contribution in [0.1, 0.15) is 24.2 Å². The first kappa shape index (κ1) is 13.3. The second kappa shape index (κ2) is 5.21. The highest BCUT2D eigenvalue weighted by atomic mass is 16.5. The lowest BCUT2D eigenvalue weighted by Gasteiger charge is -2.17. The van der Waals surface area contributed by atoms with Gasteiger partial charge in [-0.3, -0.25) is 14.7 Å². The predicted octanol–water partition coefficient (Wildman–Crippen LogP) is -0.258. The Labute approximate surface area is 109 Å². The van der Waals surface area contributed by atoms with Crippen molar-refractivity contribution in [3.8, 4) is 0 Å². The summed E-state index contributed by atoms with van der Waals surface area (Å²) in [6.45, 7) is 1.52. The highest BCUT2D eigenvalue weighted by molar-refractivity contribution is 5.87. The van der Waals surface area contributed by atoms with Gasteiger partial charge in [0.25, 0.3) is 0 Å². The summed E-state index contributed by atoms with van der Waals surface area (Å²) in [5.41, 5.74) is 0.507. The molecule has 1 saturated heterocycles. The number of ether oxygens (including phenoxy) is 1. The minimum absolute atomic E-state index is 0.0757. The largest absolute Gasteiger partial charge is 0.457 e. The molecule has 1 fully saturated rings. The van der Waals surface area contributed by atoms with Crippen molar-refractivity contribution in [1.29, 1.82) is 0 Å². The third-order valence-electron chi connectivity index (χ3n) is 3.12. The van der Waals surface area contributed by atoms with Crippen LogP contribution in [0.15, 0.2) is 10.9 Å². The highest BCUT2D eigenvalue weighted by Crippen LogP contribution is 2.17. The molecule has 2 heterocycles. The number of nitrogens with one attached hydrogen (secondary N) is 1. The summed E-state index contributed by atoms with van der Waals surface area (Å²) < 4.78 is 5.04. The summed E-state index contributed by atoms with van der Waals surface area (Å²) >= 11 is 0. The van der Waals surface area contributed by atoms with Crippen LogP contribution in [-0.2, 0) is 20.9 Å². The fourth-order valence-corrected chi connectivity index (χ4v) is 1.94. The molecule has 0 spiro atoms. The third kappa shape index (κ3) is 2.81. The number of likely N-dealkylation sites (tertiary alicyclic amines) is 1. The van der Waals surface area contributed by atoms with Gasteiger partial charge >= 0.3 is 5.97 Å². The second-order valence-electron chi connectivity index (χ2n) is 4.53. The van der Waals surface area contributed by atoms with Gasteiger partial charge in [-0.05, 0) is 13.3 Å². The molecule has 0 unspecified atom stereocenters. The molecule has 1 atom stereocenters. The lowest BCUT2D eigenvalue weighted by Crippen LogP contribution is -2.36. The first-order chi connectivity index (χ1) is 8.99. The molecule has 1 N–H and O–H groups in total. The van der Waals surface area contributed by atoms with Gasteiger partial charge in [0.05, 0.1) is 0 Å². The van der Waals surface area contributed by atoms with Gasteiger partial charge in [-0.1, -0.05) is 0 Å². The average molecular weight is 265 g/mol. The normalized spacial score (nSPS) is 18.7. The van der Waals surface area contributed by atoms with E-state index in [2.05, 4.69) is 10.2 Å². The van der Waals surface area contributed by atoms with E-state index in [-0.39, 0.29) is 23.6 Å². The predicted molar refractivity (Wildman–Crippen MR) is 65.2 cm³/mol. The number of aromatic amines is 1. The van der Waals surface area contributed by atoms with E-state index in [1.165, 1.54) is 11.0 Å². The number of likely N-dealkylation sites (N-methyl/N-ethyl adjacent to an activating group) is 1. The van der Waals surface area contributed by atoms with Crippen molar-refractivity contribution in [3.63, 3.8) is 0 Å². The van der Waals surface area contributed by atoms with Crippen LogP contribution in [0.5, 0.6) is 0 Å². The summed E-state index contributed by atoms with van der Waals surface area (Å²) in [7, 11) is 1.57. The number of H-pyrrole nitrogens is 1. The Kier molecular flexibility index (Phi) is 3.64. The molecule has 7 nitrogen and oxygen atoms in total. The summed E-state index contributed by atoms with van der Waals surface area (Å²) in [6, 6.07) is 0.832. The van der Waals surface area contributed by atoms with Crippen molar-refractivity contribution in [2.75, 3.05) is 7.05 Å². The van der Waals surface area contributed by atoms with Crippen molar-refractivity contribution < 1.29 is 14.3 Å². The molecule has 0 saturated carbocycles. The number of hydrogen-bond acceptors (Lipinski definition) is 5. The van der Waals surface area contributed by atoms with Crippen LogP contribution < -0.4 is 5.43 Å². The van der Waals surface area contributed by atoms with Gasteiger partial charge < -0.3 is 9.64 Å². The summed E-state index contributed by atoms with van der Waals surface area (Å²) in [4.78, 5) is 36.0. The molecular weight excluding hydrogens is 250 g/mol.